The van der Waals surface area contributed by atoms with Crippen molar-refractivity contribution in [2.45, 2.75) is 71.3 Å². The number of aromatic nitrogens is 2. The summed E-state index contributed by atoms with van der Waals surface area (Å²) in [6, 6.07) is 0.346. The molecule has 1 saturated carbocycles. The van der Waals surface area contributed by atoms with Crippen molar-refractivity contribution in [1.29, 1.82) is 0 Å². The quantitative estimate of drug-likeness (QED) is 0.905. The molecule has 4 nitrogen and oxygen atoms in total. The first-order valence-electron chi connectivity index (χ1n) is 7.44. The smallest absolute Gasteiger partial charge is 0.231 e. The van der Waals surface area contributed by atoms with Crippen LogP contribution in [0.5, 0.6) is 0 Å². The molecule has 1 aliphatic carbocycles. The van der Waals surface area contributed by atoms with Gasteiger partial charge in [-0.2, -0.15) is 4.98 Å². The third kappa shape index (κ3) is 3.35. The van der Waals surface area contributed by atoms with Crippen molar-refractivity contribution in [2.75, 3.05) is 7.05 Å². The molecule has 0 radical (unpaired) electrons. The Kier molecular flexibility index (Phi) is 4.29. The van der Waals surface area contributed by atoms with E-state index >= 15 is 0 Å². The van der Waals surface area contributed by atoms with Gasteiger partial charge < -0.3 is 9.84 Å². The molecule has 0 bridgehead atoms. The van der Waals surface area contributed by atoms with Crippen molar-refractivity contribution in [3.63, 3.8) is 0 Å². The summed E-state index contributed by atoms with van der Waals surface area (Å²) in [4.78, 5) is 4.63. The maximum Gasteiger partial charge on any atom is 0.231 e. The van der Waals surface area contributed by atoms with Gasteiger partial charge in [0.05, 0.1) is 5.92 Å². The largest absolute Gasteiger partial charge is 0.339 e. The molecule has 0 aliphatic heterocycles. The third-order valence-electron chi connectivity index (χ3n) is 4.76. The van der Waals surface area contributed by atoms with Crippen LogP contribution in [0, 0.1) is 5.41 Å². The Morgan fingerprint density at radius 3 is 2.47 bits per heavy atom. The molecule has 1 heterocycles. The van der Waals surface area contributed by atoms with Crippen LogP contribution in [0.3, 0.4) is 0 Å². The van der Waals surface area contributed by atoms with Gasteiger partial charge in [0.2, 0.25) is 5.89 Å². The Balaban J connectivity index is 2.02. The minimum atomic E-state index is 0.256. The second kappa shape index (κ2) is 5.61. The van der Waals surface area contributed by atoms with Gasteiger partial charge in [0.15, 0.2) is 5.82 Å². The Morgan fingerprint density at radius 2 is 1.89 bits per heavy atom. The molecular formula is C15H27N3O. The molecule has 4 heteroatoms. The number of hydrogen-bond donors (Lipinski definition) is 1. The lowest BCUT2D eigenvalue weighted by Gasteiger charge is -2.32. The number of hydrogen-bond acceptors (Lipinski definition) is 4. The molecular weight excluding hydrogens is 238 g/mol. The van der Waals surface area contributed by atoms with Crippen LogP contribution in [-0.4, -0.2) is 23.2 Å². The zero-order valence-corrected chi connectivity index (χ0v) is 12.9. The topological polar surface area (TPSA) is 51.0 Å². The normalized spacial score (nSPS) is 23.2. The Bertz CT molecular complexity index is 403. The summed E-state index contributed by atoms with van der Waals surface area (Å²) in [5.74, 6) is 2.43. The van der Waals surface area contributed by atoms with Gasteiger partial charge in [0, 0.05) is 12.0 Å². The maximum atomic E-state index is 5.45. The van der Waals surface area contributed by atoms with Gasteiger partial charge in [0.25, 0.3) is 0 Å². The fourth-order valence-electron chi connectivity index (χ4n) is 2.72. The van der Waals surface area contributed by atoms with Crippen molar-refractivity contribution in [2.24, 2.45) is 5.41 Å². The first kappa shape index (κ1) is 14.5. The molecule has 1 aliphatic rings. The highest BCUT2D eigenvalue weighted by Crippen LogP contribution is 2.41. The second-order valence-electron chi connectivity index (χ2n) is 6.80. The van der Waals surface area contributed by atoms with Crippen molar-refractivity contribution in [3.05, 3.63) is 11.7 Å². The Morgan fingerprint density at radius 1 is 1.26 bits per heavy atom. The van der Waals surface area contributed by atoms with E-state index < -0.39 is 0 Å². The van der Waals surface area contributed by atoms with Crippen molar-refractivity contribution in [3.8, 4) is 0 Å². The molecule has 19 heavy (non-hydrogen) atoms. The minimum Gasteiger partial charge on any atom is -0.339 e. The molecule has 0 aromatic carbocycles. The third-order valence-corrected chi connectivity index (χ3v) is 4.76. The van der Waals surface area contributed by atoms with Crippen molar-refractivity contribution < 1.29 is 4.52 Å². The molecule has 2 rings (SSSR count). The summed E-state index contributed by atoms with van der Waals surface area (Å²) in [5.41, 5.74) is 0.483. The van der Waals surface area contributed by atoms with Crippen LogP contribution < -0.4 is 5.32 Å². The van der Waals surface area contributed by atoms with Crippen LogP contribution in [-0.2, 0) is 0 Å². The molecule has 1 aromatic heterocycles. The van der Waals surface area contributed by atoms with Gasteiger partial charge in [-0.05, 0) is 45.1 Å². The predicted molar refractivity (Wildman–Crippen MR) is 76.2 cm³/mol. The highest BCUT2D eigenvalue weighted by atomic mass is 16.5. The fraction of sp³-hybridized carbons (Fsp3) is 0.867. The van der Waals surface area contributed by atoms with Crippen LogP contribution in [0.2, 0.25) is 0 Å². The van der Waals surface area contributed by atoms with E-state index in [1.54, 1.807) is 0 Å². The summed E-state index contributed by atoms with van der Waals surface area (Å²) in [5, 5.41) is 7.45. The Hall–Kier alpha value is -0.900. The number of rotatable bonds is 4. The lowest BCUT2D eigenvalue weighted by atomic mass is 9.73. The summed E-state index contributed by atoms with van der Waals surface area (Å²) in [6.45, 7) is 8.96. The molecule has 1 aromatic rings. The summed E-state index contributed by atoms with van der Waals surface area (Å²) < 4.78 is 5.45. The molecule has 1 N–H and O–H groups in total. The minimum absolute atomic E-state index is 0.256. The van der Waals surface area contributed by atoms with Crippen LogP contribution in [0.4, 0.5) is 0 Å². The van der Waals surface area contributed by atoms with Gasteiger partial charge in [-0.3, -0.25) is 0 Å². The molecule has 0 saturated heterocycles. The van der Waals surface area contributed by atoms with Gasteiger partial charge in [-0.25, -0.2) is 0 Å². The lowest BCUT2D eigenvalue weighted by Crippen LogP contribution is -2.27. The fourth-order valence-corrected chi connectivity index (χ4v) is 2.72. The zero-order chi connectivity index (χ0) is 14.0. The van der Waals surface area contributed by atoms with E-state index in [1.807, 2.05) is 7.05 Å². The van der Waals surface area contributed by atoms with E-state index in [2.05, 4.69) is 43.2 Å². The van der Waals surface area contributed by atoms with E-state index in [0.29, 0.717) is 17.4 Å². The first-order valence-corrected chi connectivity index (χ1v) is 7.44. The molecule has 1 fully saturated rings. The highest BCUT2D eigenvalue weighted by Gasteiger charge is 2.30. The van der Waals surface area contributed by atoms with E-state index in [-0.39, 0.29) is 5.92 Å². The standard InChI is InChI=1S/C15H27N3O/c1-10(11(2)16-5)14-17-13(18-19-14)12-6-8-15(3,4)9-7-12/h10-12,16H,6-9H2,1-5H3. The van der Waals surface area contributed by atoms with Gasteiger partial charge in [0.1, 0.15) is 0 Å². The average molecular weight is 265 g/mol. The maximum absolute atomic E-state index is 5.45. The lowest BCUT2D eigenvalue weighted by molar-refractivity contribution is 0.218. The van der Waals surface area contributed by atoms with Gasteiger partial charge in [-0.15, -0.1) is 0 Å². The summed E-state index contributed by atoms with van der Waals surface area (Å²) in [6.07, 6.45) is 4.87. The second-order valence-corrected chi connectivity index (χ2v) is 6.80. The molecule has 0 spiro atoms. The van der Waals surface area contributed by atoms with Crippen molar-refractivity contribution in [1.82, 2.24) is 15.5 Å². The van der Waals surface area contributed by atoms with Crippen LogP contribution in [0.25, 0.3) is 0 Å². The van der Waals surface area contributed by atoms with E-state index in [1.165, 1.54) is 25.7 Å². The number of nitrogens with zero attached hydrogens (tertiary/aromatic N) is 2. The Labute approximate surface area is 116 Å². The van der Waals surface area contributed by atoms with E-state index in [0.717, 1.165) is 11.7 Å². The molecule has 2 unspecified atom stereocenters. The molecule has 2 atom stereocenters. The average Bonchev–Trinajstić information content (AvgIpc) is 2.86. The van der Waals surface area contributed by atoms with Crippen molar-refractivity contribution >= 4 is 0 Å². The molecule has 0 amide bonds. The summed E-state index contributed by atoms with van der Waals surface area (Å²) >= 11 is 0. The van der Waals surface area contributed by atoms with Gasteiger partial charge in [-0.1, -0.05) is 25.9 Å². The number of nitrogens with one attached hydrogen (secondary N) is 1. The highest BCUT2D eigenvalue weighted by molar-refractivity contribution is 5.02. The SMILES string of the molecule is CNC(C)C(C)c1nc(C2CCC(C)(C)CC2)no1. The van der Waals surface area contributed by atoms with E-state index in [4.69, 9.17) is 4.52 Å². The molecule has 108 valence electrons. The van der Waals surface area contributed by atoms with E-state index in [9.17, 15) is 0 Å². The van der Waals surface area contributed by atoms with Crippen LogP contribution >= 0.6 is 0 Å². The first-order chi connectivity index (χ1) is 8.93. The van der Waals surface area contributed by atoms with Gasteiger partial charge >= 0.3 is 0 Å². The monoisotopic (exact) mass is 265 g/mol. The number of likely N-dealkylation sites (N-methyl/N-ethyl adjacent to an activating group) is 1. The van der Waals surface area contributed by atoms with Crippen LogP contribution in [0.1, 0.15) is 76.9 Å². The zero-order valence-electron chi connectivity index (χ0n) is 12.9. The predicted octanol–water partition coefficient (Wildman–Crippen LogP) is 3.46. The summed E-state index contributed by atoms with van der Waals surface area (Å²) in [7, 11) is 1.96. The van der Waals surface area contributed by atoms with Crippen LogP contribution in [0.15, 0.2) is 4.52 Å².